The first-order chi connectivity index (χ1) is 7.09. The Balaban J connectivity index is 2.20. The van der Waals surface area contributed by atoms with Gasteiger partial charge in [-0.05, 0) is 18.8 Å². The maximum Gasteiger partial charge on any atom is 0.321 e. The van der Waals surface area contributed by atoms with Crippen molar-refractivity contribution in [3.8, 4) is 0 Å². The molecule has 1 aliphatic heterocycles. The van der Waals surface area contributed by atoms with E-state index in [0.717, 1.165) is 18.8 Å². The highest BCUT2D eigenvalue weighted by Crippen LogP contribution is 2.17. The van der Waals surface area contributed by atoms with Crippen LogP contribution in [0.3, 0.4) is 0 Å². The van der Waals surface area contributed by atoms with Crippen molar-refractivity contribution < 1.29 is 14.3 Å². The molecule has 0 saturated carbocycles. The molecule has 1 fully saturated rings. The van der Waals surface area contributed by atoms with Crippen molar-refractivity contribution in [2.45, 2.75) is 39.5 Å². The summed E-state index contributed by atoms with van der Waals surface area (Å²) in [7, 11) is 0. The molecule has 1 saturated heterocycles. The fraction of sp³-hybridized carbons (Fsp3) is 0.667. The lowest BCUT2D eigenvalue weighted by Gasteiger charge is -2.01. The van der Waals surface area contributed by atoms with Crippen LogP contribution in [0.2, 0.25) is 0 Å². The zero-order valence-electron chi connectivity index (χ0n) is 9.36. The molecular formula is C12H18O3. The number of unbranched alkanes of at least 4 members (excludes halogenated alkanes) is 1. The van der Waals surface area contributed by atoms with Gasteiger partial charge in [0.25, 0.3) is 0 Å². The lowest BCUT2D eigenvalue weighted by Crippen LogP contribution is -2.03. The van der Waals surface area contributed by atoms with E-state index in [0.29, 0.717) is 0 Å². The first-order valence-electron chi connectivity index (χ1n) is 5.50. The monoisotopic (exact) mass is 210 g/mol. The first kappa shape index (κ1) is 12.0. The number of allylic oxidation sites excluding steroid dienone is 1. The van der Waals surface area contributed by atoms with Gasteiger partial charge in [0.15, 0.2) is 0 Å². The van der Waals surface area contributed by atoms with Crippen molar-refractivity contribution in [3.05, 3.63) is 12.2 Å². The van der Waals surface area contributed by atoms with E-state index in [1.807, 2.05) is 6.08 Å². The van der Waals surface area contributed by atoms with Crippen molar-refractivity contribution in [2.24, 2.45) is 11.8 Å². The van der Waals surface area contributed by atoms with Gasteiger partial charge in [0.05, 0.1) is 12.3 Å². The second-order valence-electron chi connectivity index (χ2n) is 4.36. The molecule has 84 valence electrons. The number of hydrogen-bond donors (Lipinski definition) is 0. The number of carbonyl (C=O) groups excluding carboxylic acids is 2. The fourth-order valence-corrected chi connectivity index (χ4v) is 1.54. The molecule has 1 rings (SSSR count). The molecule has 0 radical (unpaired) electrons. The molecule has 0 aromatic heterocycles. The van der Waals surface area contributed by atoms with Crippen LogP contribution in [-0.4, -0.2) is 11.9 Å². The van der Waals surface area contributed by atoms with Gasteiger partial charge in [0, 0.05) is 0 Å². The van der Waals surface area contributed by atoms with Gasteiger partial charge in [-0.25, -0.2) is 0 Å². The average molecular weight is 210 g/mol. The van der Waals surface area contributed by atoms with Gasteiger partial charge in [0.1, 0.15) is 0 Å². The Bertz CT molecular complexity index is 266. The van der Waals surface area contributed by atoms with Gasteiger partial charge in [0.2, 0.25) is 0 Å². The van der Waals surface area contributed by atoms with E-state index in [4.69, 9.17) is 0 Å². The van der Waals surface area contributed by atoms with Crippen molar-refractivity contribution in [1.82, 2.24) is 0 Å². The molecule has 0 amide bonds. The van der Waals surface area contributed by atoms with Crippen LogP contribution in [0.5, 0.6) is 0 Å². The van der Waals surface area contributed by atoms with Gasteiger partial charge in [-0.15, -0.1) is 0 Å². The van der Waals surface area contributed by atoms with E-state index in [1.165, 1.54) is 6.42 Å². The molecule has 15 heavy (non-hydrogen) atoms. The fourth-order valence-electron chi connectivity index (χ4n) is 1.54. The van der Waals surface area contributed by atoms with Gasteiger partial charge < -0.3 is 4.74 Å². The van der Waals surface area contributed by atoms with Crippen LogP contribution in [0.4, 0.5) is 0 Å². The first-order valence-corrected chi connectivity index (χ1v) is 5.50. The number of rotatable bonds is 5. The summed E-state index contributed by atoms with van der Waals surface area (Å²) in [6, 6.07) is 0. The molecule has 3 nitrogen and oxygen atoms in total. The van der Waals surface area contributed by atoms with Crippen molar-refractivity contribution in [3.63, 3.8) is 0 Å². The molecule has 0 bridgehead atoms. The van der Waals surface area contributed by atoms with Gasteiger partial charge >= 0.3 is 11.9 Å². The minimum atomic E-state index is -0.406. The Kier molecular flexibility index (Phi) is 4.53. The largest absolute Gasteiger partial charge is 0.393 e. The normalized spacial score (nSPS) is 21.7. The molecule has 0 aromatic rings. The highest BCUT2D eigenvalue weighted by atomic mass is 16.6. The summed E-state index contributed by atoms with van der Waals surface area (Å²) < 4.78 is 4.44. The Morgan fingerprint density at radius 3 is 2.73 bits per heavy atom. The molecule has 0 N–H and O–H groups in total. The smallest absolute Gasteiger partial charge is 0.321 e. The molecule has 1 atom stereocenters. The third-order valence-electron chi connectivity index (χ3n) is 2.42. The van der Waals surface area contributed by atoms with E-state index >= 15 is 0 Å². The topological polar surface area (TPSA) is 43.4 Å². The summed E-state index contributed by atoms with van der Waals surface area (Å²) in [6.45, 7) is 4.38. The molecule has 0 aliphatic carbocycles. The summed E-state index contributed by atoms with van der Waals surface area (Å²) >= 11 is 0. The highest BCUT2D eigenvalue weighted by Gasteiger charge is 2.30. The van der Waals surface area contributed by atoms with E-state index in [1.54, 1.807) is 6.08 Å². The van der Waals surface area contributed by atoms with Crippen LogP contribution in [0.15, 0.2) is 12.2 Å². The van der Waals surface area contributed by atoms with E-state index in [-0.39, 0.29) is 12.3 Å². The molecule has 1 heterocycles. The van der Waals surface area contributed by atoms with Crippen molar-refractivity contribution in [1.29, 1.82) is 0 Å². The second-order valence-corrected chi connectivity index (χ2v) is 4.36. The molecule has 0 spiro atoms. The van der Waals surface area contributed by atoms with Gasteiger partial charge in [-0.3, -0.25) is 9.59 Å². The number of cyclic esters (lactones) is 2. The average Bonchev–Trinajstić information content (AvgIpc) is 2.44. The predicted molar refractivity (Wildman–Crippen MR) is 57.0 cm³/mol. The summed E-state index contributed by atoms with van der Waals surface area (Å²) in [5, 5.41) is 0. The second kappa shape index (κ2) is 5.69. The molecule has 3 heteroatoms. The van der Waals surface area contributed by atoms with Crippen LogP contribution in [0, 0.1) is 11.8 Å². The highest BCUT2D eigenvalue weighted by molar-refractivity contribution is 5.95. The lowest BCUT2D eigenvalue weighted by molar-refractivity contribution is -0.152. The number of carbonyl (C=O) groups is 2. The standard InChI is InChI=1S/C12H18O3/c1-9(2)6-4-3-5-7-10-8-11(13)15-12(10)14/h5,7,9-10H,3-4,6,8H2,1-2H3/b7-5+. The van der Waals surface area contributed by atoms with Crippen LogP contribution < -0.4 is 0 Å². The Labute approximate surface area is 90.5 Å². The van der Waals surface area contributed by atoms with E-state index in [9.17, 15) is 9.59 Å². The van der Waals surface area contributed by atoms with Gasteiger partial charge in [-0.2, -0.15) is 0 Å². The van der Waals surface area contributed by atoms with E-state index < -0.39 is 11.9 Å². The Morgan fingerprint density at radius 1 is 1.47 bits per heavy atom. The third-order valence-corrected chi connectivity index (χ3v) is 2.42. The van der Waals surface area contributed by atoms with Gasteiger partial charge in [-0.1, -0.05) is 32.4 Å². The summed E-state index contributed by atoms with van der Waals surface area (Å²) in [6.07, 6.45) is 7.28. The SMILES string of the molecule is CC(C)CCC/C=C/C1CC(=O)OC1=O. The maximum atomic E-state index is 11.1. The number of esters is 2. The minimum absolute atomic E-state index is 0.208. The third kappa shape index (κ3) is 4.28. The van der Waals surface area contributed by atoms with Crippen LogP contribution in [0.1, 0.15) is 39.5 Å². The number of hydrogen-bond acceptors (Lipinski definition) is 3. The molecule has 0 aromatic carbocycles. The number of ether oxygens (including phenoxy) is 1. The zero-order chi connectivity index (χ0) is 11.3. The lowest BCUT2D eigenvalue weighted by atomic mass is 10.0. The maximum absolute atomic E-state index is 11.1. The Morgan fingerprint density at radius 2 is 2.20 bits per heavy atom. The zero-order valence-corrected chi connectivity index (χ0v) is 9.36. The quantitative estimate of drug-likeness (QED) is 0.303. The summed E-state index contributed by atoms with van der Waals surface area (Å²) in [5.41, 5.74) is 0. The van der Waals surface area contributed by atoms with Crippen LogP contribution in [-0.2, 0) is 14.3 Å². The summed E-state index contributed by atoms with van der Waals surface area (Å²) in [5.74, 6) is -0.426. The van der Waals surface area contributed by atoms with Crippen molar-refractivity contribution >= 4 is 11.9 Å². The summed E-state index contributed by atoms with van der Waals surface area (Å²) in [4.78, 5) is 21.8. The minimum Gasteiger partial charge on any atom is -0.393 e. The predicted octanol–water partition coefficient (Wildman–Crippen LogP) is 2.46. The van der Waals surface area contributed by atoms with Crippen molar-refractivity contribution in [2.75, 3.05) is 0 Å². The Hall–Kier alpha value is -1.12. The van der Waals surface area contributed by atoms with Crippen LogP contribution in [0.25, 0.3) is 0 Å². The molecule has 1 aliphatic rings. The molecule has 1 unspecified atom stereocenters. The molecular weight excluding hydrogens is 192 g/mol. The van der Waals surface area contributed by atoms with E-state index in [2.05, 4.69) is 18.6 Å². The van der Waals surface area contributed by atoms with Crippen LogP contribution >= 0.6 is 0 Å².